The Morgan fingerprint density at radius 3 is 2.34 bits per heavy atom. The summed E-state index contributed by atoms with van der Waals surface area (Å²) in [6.07, 6.45) is 1.57. The van der Waals surface area contributed by atoms with Crippen molar-refractivity contribution >= 4 is 11.8 Å². The van der Waals surface area contributed by atoms with Gasteiger partial charge >= 0.3 is 6.09 Å². The third kappa shape index (κ3) is 4.74. The Hall–Kier alpha value is -2.93. The van der Waals surface area contributed by atoms with Crippen LogP contribution in [0.5, 0.6) is 17.2 Å². The van der Waals surface area contributed by atoms with E-state index in [1.54, 1.807) is 36.3 Å². The van der Waals surface area contributed by atoms with Crippen molar-refractivity contribution in [2.75, 3.05) is 38.2 Å². The Morgan fingerprint density at radius 2 is 1.69 bits per heavy atom. The van der Waals surface area contributed by atoms with E-state index in [9.17, 15) is 9.90 Å². The molecule has 0 saturated carbocycles. The Labute approximate surface area is 170 Å². The molecule has 7 nitrogen and oxygen atoms in total. The van der Waals surface area contributed by atoms with Gasteiger partial charge in [0.05, 0.1) is 13.7 Å². The van der Waals surface area contributed by atoms with Crippen LogP contribution in [-0.2, 0) is 4.74 Å². The molecule has 2 saturated heterocycles. The van der Waals surface area contributed by atoms with Crippen LogP contribution in [0.4, 0.5) is 10.5 Å². The molecule has 1 atom stereocenters. The second-order valence-corrected chi connectivity index (χ2v) is 7.43. The molecular weight excluding hydrogens is 372 g/mol. The minimum absolute atomic E-state index is 0.140. The lowest BCUT2D eigenvalue weighted by Crippen LogP contribution is -2.42. The fourth-order valence-corrected chi connectivity index (χ4v) is 3.80. The number of anilines is 1. The second-order valence-electron chi connectivity index (χ2n) is 7.43. The predicted molar refractivity (Wildman–Crippen MR) is 109 cm³/mol. The van der Waals surface area contributed by atoms with Crippen LogP contribution in [-0.4, -0.2) is 61.6 Å². The average molecular weight is 398 g/mol. The maximum atomic E-state index is 12.3. The first-order valence-corrected chi connectivity index (χ1v) is 9.91. The van der Waals surface area contributed by atoms with E-state index >= 15 is 0 Å². The number of piperidine rings is 1. The number of likely N-dealkylation sites (tertiary alicyclic amines) is 1. The van der Waals surface area contributed by atoms with Crippen LogP contribution >= 0.6 is 0 Å². The molecule has 2 aliphatic rings. The van der Waals surface area contributed by atoms with Gasteiger partial charge in [0.1, 0.15) is 29.5 Å². The summed E-state index contributed by atoms with van der Waals surface area (Å²) in [6.45, 7) is 3.08. The van der Waals surface area contributed by atoms with Gasteiger partial charge < -0.3 is 19.3 Å². The normalized spacial score (nSPS) is 20.5. The largest absolute Gasteiger partial charge is 0.508 e. The molecule has 0 aromatic heterocycles. The summed E-state index contributed by atoms with van der Waals surface area (Å²) in [4.78, 5) is 16.3. The zero-order valence-electron chi connectivity index (χ0n) is 16.5. The SMILES string of the molecule is COc1ccc(N2CC(CN3CCC(Oc4ccc(O)cc4)CC3)OC2=O)cc1. The van der Waals surface area contributed by atoms with E-state index in [1.165, 1.54) is 0 Å². The van der Waals surface area contributed by atoms with Gasteiger partial charge in [0, 0.05) is 25.3 Å². The average Bonchev–Trinajstić information content (AvgIpc) is 3.11. The number of carbonyl (C=O) groups excluding carboxylic acids is 1. The number of aromatic hydroxyl groups is 1. The van der Waals surface area contributed by atoms with Crippen LogP contribution in [0.25, 0.3) is 0 Å². The summed E-state index contributed by atoms with van der Waals surface area (Å²) in [5.41, 5.74) is 0.819. The minimum Gasteiger partial charge on any atom is -0.508 e. The molecule has 4 rings (SSSR count). The second kappa shape index (κ2) is 8.61. The van der Waals surface area contributed by atoms with E-state index in [0.717, 1.165) is 49.7 Å². The number of carbonyl (C=O) groups is 1. The molecular formula is C22H26N2O5. The van der Waals surface area contributed by atoms with E-state index in [2.05, 4.69) is 4.90 Å². The van der Waals surface area contributed by atoms with E-state index in [-0.39, 0.29) is 24.1 Å². The number of ether oxygens (including phenoxy) is 3. The first kappa shape index (κ1) is 19.4. The summed E-state index contributed by atoms with van der Waals surface area (Å²) < 4.78 is 16.7. The highest BCUT2D eigenvalue weighted by molar-refractivity contribution is 5.89. The van der Waals surface area contributed by atoms with Crippen LogP contribution in [0.2, 0.25) is 0 Å². The van der Waals surface area contributed by atoms with Gasteiger partial charge in [-0.1, -0.05) is 0 Å². The molecule has 2 aliphatic heterocycles. The molecule has 2 aromatic rings. The van der Waals surface area contributed by atoms with Gasteiger partial charge in [-0.05, 0) is 61.4 Å². The van der Waals surface area contributed by atoms with Gasteiger partial charge in [-0.15, -0.1) is 0 Å². The van der Waals surface area contributed by atoms with Gasteiger partial charge in [0.2, 0.25) is 0 Å². The molecule has 1 amide bonds. The van der Waals surface area contributed by atoms with Crippen LogP contribution in [0.15, 0.2) is 48.5 Å². The molecule has 0 bridgehead atoms. The lowest BCUT2D eigenvalue weighted by Gasteiger charge is -2.33. The zero-order valence-corrected chi connectivity index (χ0v) is 16.5. The number of rotatable bonds is 6. The number of amides is 1. The summed E-state index contributed by atoms with van der Waals surface area (Å²) in [6, 6.07) is 14.3. The molecule has 2 aromatic carbocycles. The van der Waals surface area contributed by atoms with Crippen molar-refractivity contribution in [2.45, 2.75) is 25.0 Å². The van der Waals surface area contributed by atoms with Crippen molar-refractivity contribution in [2.24, 2.45) is 0 Å². The highest BCUT2D eigenvalue weighted by Crippen LogP contribution is 2.26. The number of hydrogen-bond acceptors (Lipinski definition) is 6. The standard InChI is InChI=1S/C22H26N2O5/c1-27-18-6-2-16(3-7-18)24-15-21(29-22(24)26)14-23-12-10-20(11-13-23)28-19-8-4-17(25)5-9-19/h2-9,20-21,25H,10-15H2,1H3. The van der Waals surface area contributed by atoms with E-state index in [1.807, 2.05) is 24.3 Å². The molecule has 0 aliphatic carbocycles. The minimum atomic E-state index is -0.300. The van der Waals surface area contributed by atoms with Crippen molar-refractivity contribution in [1.29, 1.82) is 0 Å². The molecule has 2 fully saturated rings. The molecule has 154 valence electrons. The highest BCUT2D eigenvalue weighted by Gasteiger charge is 2.34. The van der Waals surface area contributed by atoms with Gasteiger partial charge in [-0.2, -0.15) is 0 Å². The maximum Gasteiger partial charge on any atom is 0.414 e. The Morgan fingerprint density at radius 1 is 1.03 bits per heavy atom. The smallest absolute Gasteiger partial charge is 0.414 e. The van der Waals surface area contributed by atoms with Crippen LogP contribution in [0.3, 0.4) is 0 Å². The van der Waals surface area contributed by atoms with Crippen molar-refractivity contribution in [3.8, 4) is 17.2 Å². The van der Waals surface area contributed by atoms with Crippen molar-refractivity contribution in [3.05, 3.63) is 48.5 Å². The van der Waals surface area contributed by atoms with Gasteiger partial charge in [-0.25, -0.2) is 4.79 Å². The maximum absolute atomic E-state index is 12.3. The Bertz CT molecular complexity index is 816. The van der Waals surface area contributed by atoms with E-state index in [0.29, 0.717) is 6.54 Å². The van der Waals surface area contributed by atoms with Crippen LogP contribution < -0.4 is 14.4 Å². The van der Waals surface area contributed by atoms with Gasteiger partial charge in [0.25, 0.3) is 0 Å². The fourth-order valence-electron chi connectivity index (χ4n) is 3.80. The number of hydrogen-bond donors (Lipinski definition) is 1. The summed E-state index contributed by atoms with van der Waals surface area (Å²) in [5.74, 6) is 1.78. The monoisotopic (exact) mass is 398 g/mol. The number of phenols is 1. The molecule has 0 spiro atoms. The third-order valence-corrected chi connectivity index (χ3v) is 5.39. The Kier molecular flexibility index (Phi) is 5.76. The summed E-state index contributed by atoms with van der Waals surface area (Å²) in [7, 11) is 1.62. The molecule has 0 radical (unpaired) electrons. The van der Waals surface area contributed by atoms with Crippen LogP contribution in [0, 0.1) is 0 Å². The van der Waals surface area contributed by atoms with Gasteiger partial charge in [0.15, 0.2) is 0 Å². The number of nitrogens with zero attached hydrogens (tertiary/aromatic N) is 2. The highest BCUT2D eigenvalue weighted by atomic mass is 16.6. The van der Waals surface area contributed by atoms with Crippen LogP contribution in [0.1, 0.15) is 12.8 Å². The molecule has 1 N–H and O–H groups in total. The first-order chi connectivity index (χ1) is 14.1. The first-order valence-electron chi connectivity index (χ1n) is 9.91. The predicted octanol–water partition coefficient (Wildman–Crippen LogP) is 3.27. The van der Waals surface area contributed by atoms with Crippen molar-refractivity contribution < 1.29 is 24.1 Å². The van der Waals surface area contributed by atoms with Crippen molar-refractivity contribution in [1.82, 2.24) is 4.90 Å². The molecule has 2 heterocycles. The molecule has 1 unspecified atom stereocenters. The topological polar surface area (TPSA) is 71.5 Å². The molecule has 7 heteroatoms. The lowest BCUT2D eigenvalue weighted by molar-refractivity contribution is 0.0655. The number of cyclic esters (lactones) is 1. The summed E-state index contributed by atoms with van der Waals surface area (Å²) >= 11 is 0. The third-order valence-electron chi connectivity index (χ3n) is 5.39. The number of methoxy groups -OCH3 is 1. The fraction of sp³-hybridized carbons (Fsp3) is 0.409. The number of benzene rings is 2. The van der Waals surface area contributed by atoms with Crippen molar-refractivity contribution in [3.63, 3.8) is 0 Å². The molecule has 29 heavy (non-hydrogen) atoms. The number of phenolic OH excluding ortho intramolecular Hbond substituents is 1. The lowest BCUT2D eigenvalue weighted by atomic mass is 10.1. The zero-order chi connectivity index (χ0) is 20.2. The Balaban J connectivity index is 1.25. The summed E-state index contributed by atoms with van der Waals surface area (Å²) in [5, 5.41) is 9.36. The quantitative estimate of drug-likeness (QED) is 0.805. The van der Waals surface area contributed by atoms with E-state index < -0.39 is 0 Å². The van der Waals surface area contributed by atoms with Gasteiger partial charge in [-0.3, -0.25) is 9.80 Å². The van der Waals surface area contributed by atoms with E-state index in [4.69, 9.17) is 14.2 Å².